The second-order valence-electron chi connectivity index (χ2n) is 7.83. The number of benzene rings is 1. The topological polar surface area (TPSA) is 72.1 Å². The molecule has 1 aromatic heterocycles. The number of ether oxygens (including phenoxy) is 2. The summed E-state index contributed by atoms with van der Waals surface area (Å²) in [6, 6.07) is 11.4. The lowest BCUT2D eigenvalue weighted by Crippen LogP contribution is -2.62. The van der Waals surface area contributed by atoms with Crippen LogP contribution in [0.15, 0.2) is 40.8 Å². The summed E-state index contributed by atoms with van der Waals surface area (Å²) >= 11 is 0. The molecule has 6 heteroatoms. The highest BCUT2D eigenvalue weighted by molar-refractivity contribution is 5.93. The van der Waals surface area contributed by atoms with E-state index in [1.165, 1.54) is 0 Å². The summed E-state index contributed by atoms with van der Waals surface area (Å²) < 4.78 is 17.0. The summed E-state index contributed by atoms with van der Waals surface area (Å²) in [7, 11) is 1.70. The van der Waals surface area contributed by atoms with Crippen molar-refractivity contribution >= 4 is 5.91 Å². The minimum Gasteiger partial charge on any atom is -0.486 e. The Hall–Kier alpha value is -2.31. The van der Waals surface area contributed by atoms with Gasteiger partial charge in [-0.2, -0.15) is 0 Å². The summed E-state index contributed by atoms with van der Waals surface area (Å²) in [5.41, 5.74) is 0.619. The molecule has 1 N–H and O–H groups in total. The summed E-state index contributed by atoms with van der Waals surface area (Å²) in [4.78, 5) is 14.8. The number of rotatable bonds is 5. The number of aliphatic hydroxyl groups is 1. The van der Waals surface area contributed by atoms with Gasteiger partial charge in [-0.25, -0.2) is 0 Å². The lowest BCUT2D eigenvalue weighted by atomic mass is 9.58. The van der Waals surface area contributed by atoms with Crippen molar-refractivity contribution in [2.75, 3.05) is 20.2 Å². The maximum Gasteiger partial charge on any atom is 0.289 e. The van der Waals surface area contributed by atoms with Crippen LogP contribution in [0, 0.1) is 12.3 Å². The molecule has 1 amide bonds. The van der Waals surface area contributed by atoms with E-state index in [2.05, 4.69) is 0 Å². The highest BCUT2D eigenvalue weighted by atomic mass is 16.5. The van der Waals surface area contributed by atoms with Gasteiger partial charge < -0.3 is 23.9 Å². The Labute approximate surface area is 165 Å². The van der Waals surface area contributed by atoms with Gasteiger partial charge in [0, 0.05) is 37.6 Å². The quantitative estimate of drug-likeness (QED) is 0.856. The molecule has 0 bridgehead atoms. The SMILES string of the molecule is CO[C@@H]1C[C@H](O)C12CCN(C(=O)c1oc(COc3ccccc3)cc1C)CC2. The van der Waals surface area contributed by atoms with Gasteiger partial charge in [-0.05, 0) is 38.0 Å². The predicted molar refractivity (Wildman–Crippen MR) is 103 cm³/mol. The van der Waals surface area contributed by atoms with Crippen LogP contribution in [0.4, 0.5) is 0 Å². The normalized spacial score (nSPS) is 23.5. The number of hydrogen-bond donors (Lipinski definition) is 1. The summed E-state index contributed by atoms with van der Waals surface area (Å²) in [6.07, 6.45) is 1.95. The van der Waals surface area contributed by atoms with Crippen LogP contribution >= 0.6 is 0 Å². The van der Waals surface area contributed by atoms with Gasteiger partial charge in [-0.3, -0.25) is 4.79 Å². The molecule has 2 fully saturated rings. The number of likely N-dealkylation sites (tertiary alicyclic amines) is 1. The molecule has 6 nitrogen and oxygen atoms in total. The third kappa shape index (κ3) is 3.31. The first-order chi connectivity index (χ1) is 13.5. The molecule has 1 aromatic carbocycles. The zero-order chi connectivity index (χ0) is 19.7. The van der Waals surface area contributed by atoms with Crippen molar-refractivity contribution < 1.29 is 23.8 Å². The van der Waals surface area contributed by atoms with Crippen LogP contribution in [-0.2, 0) is 11.3 Å². The average molecular weight is 385 g/mol. The van der Waals surface area contributed by atoms with Crippen LogP contribution < -0.4 is 4.74 Å². The molecule has 2 aliphatic rings. The molecule has 2 atom stereocenters. The number of aryl methyl sites for hydroxylation is 1. The van der Waals surface area contributed by atoms with Crippen molar-refractivity contribution in [3.8, 4) is 5.75 Å². The van der Waals surface area contributed by atoms with Gasteiger partial charge in [-0.1, -0.05) is 18.2 Å². The second kappa shape index (κ2) is 7.60. The number of amides is 1. The number of hydrogen-bond acceptors (Lipinski definition) is 5. The number of piperidine rings is 1. The Morgan fingerprint density at radius 3 is 2.64 bits per heavy atom. The first-order valence-electron chi connectivity index (χ1n) is 9.81. The Kier molecular flexibility index (Phi) is 5.17. The van der Waals surface area contributed by atoms with E-state index in [0.29, 0.717) is 31.0 Å². The number of carbonyl (C=O) groups excluding carboxylic acids is 1. The van der Waals surface area contributed by atoms with E-state index in [1.807, 2.05) is 48.2 Å². The molecule has 150 valence electrons. The number of para-hydroxylation sites is 1. The van der Waals surface area contributed by atoms with Gasteiger partial charge in [0.1, 0.15) is 18.1 Å². The van der Waals surface area contributed by atoms with Crippen molar-refractivity contribution in [1.29, 1.82) is 0 Å². The molecular formula is C22H27NO5. The van der Waals surface area contributed by atoms with E-state index in [4.69, 9.17) is 13.9 Å². The van der Waals surface area contributed by atoms with Crippen molar-refractivity contribution in [3.63, 3.8) is 0 Å². The molecule has 1 aliphatic carbocycles. The van der Waals surface area contributed by atoms with Gasteiger partial charge in [0.15, 0.2) is 5.76 Å². The van der Waals surface area contributed by atoms with Crippen molar-refractivity contribution in [3.05, 3.63) is 53.5 Å². The molecule has 4 rings (SSSR count). The number of methoxy groups -OCH3 is 1. The molecule has 2 aromatic rings. The third-order valence-electron chi connectivity index (χ3n) is 6.30. The van der Waals surface area contributed by atoms with Crippen molar-refractivity contribution in [2.45, 2.75) is 45.0 Å². The highest BCUT2D eigenvalue weighted by Gasteiger charge is 2.56. The third-order valence-corrected chi connectivity index (χ3v) is 6.30. The lowest BCUT2D eigenvalue weighted by Gasteiger charge is -2.56. The summed E-state index contributed by atoms with van der Waals surface area (Å²) in [5, 5.41) is 10.3. The minimum atomic E-state index is -0.332. The van der Waals surface area contributed by atoms with E-state index < -0.39 is 0 Å². The van der Waals surface area contributed by atoms with Crippen molar-refractivity contribution in [2.24, 2.45) is 5.41 Å². The monoisotopic (exact) mass is 385 g/mol. The van der Waals surface area contributed by atoms with E-state index in [1.54, 1.807) is 7.11 Å². The smallest absolute Gasteiger partial charge is 0.289 e. The molecular weight excluding hydrogens is 358 g/mol. The lowest BCUT2D eigenvalue weighted by molar-refractivity contribution is -0.199. The van der Waals surface area contributed by atoms with E-state index in [0.717, 1.165) is 24.2 Å². The fraction of sp³-hybridized carbons (Fsp3) is 0.500. The van der Waals surface area contributed by atoms with E-state index in [9.17, 15) is 9.90 Å². The molecule has 1 aliphatic heterocycles. The van der Waals surface area contributed by atoms with Crippen molar-refractivity contribution in [1.82, 2.24) is 4.90 Å². The van der Waals surface area contributed by atoms with E-state index >= 15 is 0 Å². The average Bonchev–Trinajstić information content (AvgIpc) is 3.11. The Morgan fingerprint density at radius 1 is 1.29 bits per heavy atom. The number of nitrogens with zero attached hydrogens (tertiary/aromatic N) is 1. The highest BCUT2D eigenvalue weighted by Crippen LogP contribution is 2.50. The molecule has 1 saturated heterocycles. The molecule has 0 unspecified atom stereocenters. The van der Waals surface area contributed by atoms with Crippen LogP contribution in [0.5, 0.6) is 5.75 Å². The van der Waals surface area contributed by atoms with Gasteiger partial charge in [0.05, 0.1) is 12.2 Å². The van der Waals surface area contributed by atoms with Gasteiger partial charge in [-0.15, -0.1) is 0 Å². The largest absolute Gasteiger partial charge is 0.486 e. The Bertz CT molecular complexity index is 823. The predicted octanol–water partition coefficient (Wildman–Crippen LogP) is 3.17. The zero-order valence-corrected chi connectivity index (χ0v) is 16.4. The minimum absolute atomic E-state index is 0.0897. The first-order valence-corrected chi connectivity index (χ1v) is 9.81. The fourth-order valence-corrected chi connectivity index (χ4v) is 4.48. The first kappa shape index (κ1) is 19.0. The van der Waals surface area contributed by atoms with Gasteiger partial charge in [0.25, 0.3) is 5.91 Å². The van der Waals surface area contributed by atoms with Crippen LogP contribution in [-0.4, -0.2) is 48.3 Å². The standard InChI is InChI=1S/C22H27NO5/c1-15-12-17(14-27-16-6-4-3-5-7-16)28-20(15)21(25)23-10-8-22(9-11-23)18(24)13-19(22)26-2/h3-7,12,18-19,24H,8-11,13-14H2,1-2H3/t18-,19+/m0/s1. The van der Waals surface area contributed by atoms with Gasteiger partial charge in [0.2, 0.25) is 0 Å². The molecule has 28 heavy (non-hydrogen) atoms. The van der Waals surface area contributed by atoms with E-state index in [-0.39, 0.29) is 30.1 Å². The maximum absolute atomic E-state index is 13.0. The maximum atomic E-state index is 13.0. The molecule has 1 saturated carbocycles. The summed E-state index contributed by atoms with van der Waals surface area (Å²) in [6.45, 7) is 3.37. The molecule has 1 spiro atoms. The number of aliphatic hydroxyl groups excluding tert-OH is 1. The van der Waals surface area contributed by atoms with Gasteiger partial charge >= 0.3 is 0 Å². The number of furan rings is 1. The zero-order valence-electron chi connectivity index (χ0n) is 16.4. The second-order valence-corrected chi connectivity index (χ2v) is 7.83. The molecule has 2 heterocycles. The van der Waals surface area contributed by atoms with Crippen LogP contribution in [0.1, 0.15) is 41.1 Å². The van der Waals surface area contributed by atoms with Crippen LogP contribution in [0.25, 0.3) is 0 Å². The van der Waals surface area contributed by atoms with Crippen LogP contribution in [0.2, 0.25) is 0 Å². The number of carbonyl (C=O) groups is 1. The fourth-order valence-electron chi connectivity index (χ4n) is 4.48. The summed E-state index contributed by atoms with van der Waals surface area (Å²) in [5.74, 6) is 1.67. The Balaban J connectivity index is 1.38. The Morgan fingerprint density at radius 2 is 2.00 bits per heavy atom. The van der Waals surface area contributed by atoms with Crippen LogP contribution in [0.3, 0.4) is 0 Å². The molecule has 0 radical (unpaired) electrons.